The fourth-order valence-electron chi connectivity index (χ4n) is 4.90. The molecule has 130 valence electrons. The second kappa shape index (κ2) is 5.48. The van der Waals surface area contributed by atoms with Gasteiger partial charge < -0.3 is 9.47 Å². The highest BCUT2D eigenvalue weighted by Crippen LogP contribution is 2.62. The quantitative estimate of drug-likeness (QED) is 0.636. The van der Waals surface area contributed by atoms with Crippen molar-refractivity contribution in [1.82, 2.24) is 0 Å². The first kappa shape index (κ1) is 18.3. The monoisotopic (exact) mass is 310 g/mol. The van der Waals surface area contributed by atoms with Crippen LogP contribution in [0.15, 0.2) is 0 Å². The first-order valence-corrected chi connectivity index (χ1v) is 9.36. The lowest BCUT2D eigenvalue weighted by molar-refractivity contribution is -0.372. The van der Waals surface area contributed by atoms with Crippen LogP contribution in [0.4, 0.5) is 0 Å². The topological polar surface area (TPSA) is 18.5 Å². The molecule has 0 aromatic rings. The Balaban J connectivity index is 2.26. The molecule has 0 bridgehead atoms. The van der Waals surface area contributed by atoms with Crippen LogP contribution in [0.1, 0.15) is 88.0 Å². The van der Waals surface area contributed by atoms with Crippen molar-refractivity contribution in [1.29, 1.82) is 0 Å². The molecule has 0 aromatic carbocycles. The largest absolute Gasteiger partial charge is 0.371 e. The van der Waals surface area contributed by atoms with Gasteiger partial charge in [-0.25, -0.2) is 0 Å². The molecule has 0 spiro atoms. The molecule has 2 heterocycles. The normalized spacial score (nSPS) is 44.0. The fraction of sp³-hybridized carbons (Fsp3) is 1.00. The second-order valence-corrected chi connectivity index (χ2v) is 9.09. The van der Waals surface area contributed by atoms with Crippen LogP contribution in [0, 0.1) is 16.7 Å². The lowest BCUT2D eigenvalue weighted by Gasteiger charge is -2.68. The Kier molecular flexibility index (Phi) is 4.55. The van der Waals surface area contributed by atoms with E-state index in [1.165, 1.54) is 25.7 Å². The van der Waals surface area contributed by atoms with Crippen molar-refractivity contribution in [2.75, 3.05) is 0 Å². The third-order valence-corrected chi connectivity index (χ3v) is 7.72. The molecule has 2 nitrogen and oxygen atoms in total. The predicted molar refractivity (Wildman–Crippen MR) is 93.1 cm³/mol. The Morgan fingerprint density at radius 1 is 0.727 bits per heavy atom. The maximum atomic E-state index is 6.43. The number of hydrogen-bond acceptors (Lipinski definition) is 2. The second-order valence-electron chi connectivity index (χ2n) is 9.09. The minimum atomic E-state index is -0.0136. The van der Waals surface area contributed by atoms with Crippen molar-refractivity contribution < 1.29 is 9.47 Å². The number of rotatable bonds is 6. The molecular formula is C20H38O2. The molecular weight excluding hydrogens is 272 g/mol. The standard InChI is InChI=1S/C20H38O2/c1-10-13-14(15-19(8,11-2)17(4,5)21-15)16-20(9,12-3)18(6,7)22-16/h14-16H,10-13H2,1-9H3. The Morgan fingerprint density at radius 3 is 1.32 bits per heavy atom. The van der Waals surface area contributed by atoms with E-state index < -0.39 is 0 Å². The van der Waals surface area contributed by atoms with Gasteiger partial charge in [0, 0.05) is 16.7 Å². The molecule has 0 amide bonds. The summed E-state index contributed by atoms with van der Waals surface area (Å²) in [5, 5.41) is 0. The van der Waals surface area contributed by atoms with Gasteiger partial charge in [0.2, 0.25) is 0 Å². The minimum absolute atomic E-state index is 0.0136. The smallest absolute Gasteiger partial charge is 0.0716 e. The molecule has 4 atom stereocenters. The van der Waals surface area contributed by atoms with Crippen LogP contribution < -0.4 is 0 Å². The van der Waals surface area contributed by atoms with Gasteiger partial charge in [-0.1, -0.05) is 41.0 Å². The molecule has 0 N–H and O–H groups in total. The van der Waals surface area contributed by atoms with Crippen molar-refractivity contribution in [3.63, 3.8) is 0 Å². The highest BCUT2D eigenvalue weighted by molar-refractivity contribution is 5.14. The van der Waals surface area contributed by atoms with Gasteiger partial charge in [-0.05, 0) is 47.0 Å². The summed E-state index contributed by atoms with van der Waals surface area (Å²) < 4.78 is 12.9. The molecule has 0 aliphatic carbocycles. The fourth-order valence-corrected chi connectivity index (χ4v) is 4.90. The first-order chi connectivity index (χ1) is 10.0. The van der Waals surface area contributed by atoms with Crippen LogP contribution in [0.2, 0.25) is 0 Å². The molecule has 2 saturated heterocycles. The molecule has 0 radical (unpaired) electrons. The SMILES string of the molecule is CCCC(C1OC(C)(C)C1(C)CC)C1OC(C)(C)C1(C)CC. The number of ether oxygens (including phenoxy) is 2. The Hall–Kier alpha value is -0.0800. The molecule has 22 heavy (non-hydrogen) atoms. The zero-order chi connectivity index (χ0) is 17.0. The van der Waals surface area contributed by atoms with E-state index in [1.807, 2.05) is 0 Å². The highest BCUT2D eigenvalue weighted by atomic mass is 16.6. The van der Waals surface area contributed by atoms with Gasteiger partial charge in [0.1, 0.15) is 0 Å². The predicted octanol–water partition coefficient (Wildman–Crippen LogP) is 5.59. The molecule has 2 heteroatoms. The van der Waals surface area contributed by atoms with E-state index in [1.54, 1.807) is 0 Å². The van der Waals surface area contributed by atoms with Gasteiger partial charge in [-0.2, -0.15) is 0 Å². The zero-order valence-corrected chi connectivity index (χ0v) is 16.4. The zero-order valence-electron chi connectivity index (χ0n) is 16.4. The average Bonchev–Trinajstić information content (AvgIpc) is 2.46. The third kappa shape index (κ3) is 2.20. The highest BCUT2D eigenvalue weighted by Gasteiger charge is 2.67. The van der Waals surface area contributed by atoms with Gasteiger partial charge in [0.25, 0.3) is 0 Å². The lowest BCUT2D eigenvalue weighted by Crippen LogP contribution is -2.73. The van der Waals surface area contributed by atoms with E-state index in [9.17, 15) is 0 Å². The van der Waals surface area contributed by atoms with E-state index in [2.05, 4.69) is 62.3 Å². The van der Waals surface area contributed by atoms with E-state index in [0.717, 1.165) is 0 Å². The molecule has 4 unspecified atom stereocenters. The van der Waals surface area contributed by atoms with Crippen molar-refractivity contribution in [2.24, 2.45) is 16.7 Å². The molecule has 2 aliphatic heterocycles. The summed E-state index contributed by atoms with van der Waals surface area (Å²) in [5.41, 5.74) is 0.482. The third-order valence-electron chi connectivity index (χ3n) is 7.72. The molecule has 0 aromatic heterocycles. The van der Waals surface area contributed by atoms with Gasteiger partial charge >= 0.3 is 0 Å². The summed E-state index contributed by atoms with van der Waals surface area (Å²) >= 11 is 0. The Bertz CT molecular complexity index is 378. The summed E-state index contributed by atoms with van der Waals surface area (Å²) in [7, 11) is 0. The summed E-state index contributed by atoms with van der Waals surface area (Å²) in [6.07, 6.45) is 5.41. The molecule has 2 fully saturated rings. The Labute approximate surface area is 138 Å². The lowest BCUT2D eigenvalue weighted by atomic mass is 9.53. The molecule has 2 rings (SSSR count). The summed E-state index contributed by atoms with van der Waals surface area (Å²) in [5.74, 6) is 0.515. The number of hydrogen-bond donors (Lipinski definition) is 0. The maximum Gasteiger partial charge on any atom is 0.0716 e. The molecule has 0 saturated carbocycles. The van der Waals surface area contributed by atoms with Crippen molar-refractivity contribution in [3.8, 4) is 0 Å². The summed E-state index contributed by atoms with van der Waals surface area (Å²) in [6, 6.07) is 0. The van der Waals surface area contributed by atoms with Gasteiger partial charge in [0.05, 0.1) is 23.4 Å². The van der Waals surface area contributed by atoms with Crippen molar-refractivity contribution in [2.45, 2.75) is 111 Å². The van der Waals surface area contributed by atoms with Gasteiger partial charge in [-0.15, -0.1) is 0 Å². The van der Waals surface area contributed by atoms with E-state index in [4.69, 9.17) is 9.47 Å². The van der Waals surface area contributed by atoms with E-state index in [-0.39, 0.29) is 22.0 Å². The van der Waals surface area contributed by atoms with Crippen molar-refractivity contribution in [3.05, 3.63) is 0 Å². The van der Waals surface area contributed by atoms with Crippen molar-refractivity contribution >= 4 is 0 Å². The van der Waals surface area contributed by atoms with Crippen LogP contribution >= 0.6 is 0 Å². The van der Waals surface area contributed by atoms with E-state index in [0.29, 0.717) is 18.1 Å². The van der Waals surface area contributed by atoms with Crippen LogP contribution in [0.25, 0.3) is 0 Å². The first-order valence-electron chi connectivity index (χ1n) is 9.36. The van der Waals surface area contributed by atoms with Gasteiger partial charge in [0.15, 0.2) is 0 Å². The average molecular weight is 311 g/mol. The van der Waals surface area contributed by atoms with Crippen LogP contribution in [0.3, 0.4) is 0 Å². The Morgan fingerprint density at radius 2 is 1.09 bits per heavy atom. The van der Waals surface area contributed by atoms with E-state index >= 15 is 0 Å². The van der Waals surface area contributed by atoms with Gasteiger partial charge in [-0.3, -0.25) is 0 Å². The van der Waals surface area contributed by atoms with Crippen LogP contribution in [0.5, 0.6) is 0 Å². The van der Waals surface area contributed by atoms with Crippen LogP contribution in [-0.2, 0) is 9.47 Å². The molecule has 2 aliphatic rings. The minimum Gasteiger partial charge on any atom is -0.371 e. The van der Waals surface area contributed by atoms with Crippen LogP contribution in [-0.4, -0.2) is 23.4 Å². The maximum absolute atomic E-state index is 6.43. The summed E-state index contributed by atoms with van der Waals surface area (Å²) in [4.78, 5) is 0. The summed E-state index contributed by atoms with van der Waals surface area (Å²) in [6.45, 7) is 20.7.